The van der Waals surface area contributed by atoms with Gasteiger partial charge in [-0.05, 0) is 55.7 Å². The summed E-state index contributed by atoms with van der Waals surface area (Å²) in [6.07, 6.45) is 3.49. The first-order valence-electron chi connectivity index (χ1n) is 13.1. The Morgan fingerprint density at radius 2 is 1.86 bits per heavy atom. The number of nitrogens with two attached hydrogens (primary N) is 1. The number of pyridine rings is 2. The second-order valence-electron chi connectivity index (χ2n) is 9.64. The summed E-state index contributed by atoms with van der Waals surface area (Å²) in [7, 11) is 1.50. The lowest BCUT2D eigenvalue weighted by Crippen LogP contribution is -2.47. The lowest BCUT2D eigenvalue weighted by atomic mass is 10.0. The number of nitrogen functional groups attached to an aromatic ring is 1. The molecule has 0 spiro atoms. The average Bonchev–Trinajstić information content (AvgIpc) is 3.02. The molecule has 0 bridgehead atoms. The number of aromatic nitrogens is 2. The number of rotatable bonds is 5. The minimum atomic E-state index is -1.00. The van der Waals surface area contributed by atoms with Gasteiger partial charge in [-0.15, -0.1) is 12.4 Å². The second kappa shape index (κ2) is 13.5. The van der Waals surface area contributed by atoms with E-state index in [9.17, 15) is 19.5 Å². The molecule has 0 saturated carbocycles. The molecule has 4 N–H and O–H groups in total. The van der Waals surface area contributed by atoms with E-state index in [1.165, 1.54) is 24.3 Å². The van der Waals surface area contributed by atoms with Gasteiger partial charge in [0.2, 0.25) is 5.88 Å². The molecule has 220 valence electrons. The maximum absolute atomic E-state index is 13.0. The molecular formula is C31H27Cl2N5O5. The number of hydrazine groups is 1. The minimum Gasteiger partial charge on any atom is -0.481 e. The average molecular weight is 620 g/mol. The summed E-state index contributed by atoms with van der Waals surface area (Å²) >= 11 is 6.45. The van der Waals surface area contributed by atoms with E-state index in [1.807, 2.05) is 24.3 Å². The maximum atomic E-state index is 13.0. The van der Waals surface area contributed by atoms with Gasteiger partial charge in [-0.1, -0.05) is 35.6 Å². The fourth-order valence-corrected chi connectivity index (χ4v) is 5.07. The van der Waals surface area contributed by atoms with E-state index in [0.29, 0.717) is 62.7 Å². The van der Waals surface area contributed by atoms with Crippen molar-refractivity contribution in [3.05, 3.63) is 88.1 Å². The molecule has 2 amide bonds. The Morgan fingerprint density at radius 3 is 2.53 bits per heavy atom. The number of carboxylic acid groups (broad SMARTS) is 1. The molecule has 2 aromatic heterocycles. The summed E-state index contributed by atoms with van der Waals surface area (Å²) < 4.78 is 5.20. The largest absolute Gasteiger partial charge is 0.481 e. The van der Waals surface area contributed by atoms with Gasteiger partial charge in [0, 0.05) is 46.4 Å². The molecule has 5 rings (SSSR count). The quantitative estimate of drug-likeness (QED) is 0.128. The lowest BCUT2D eigenvalue weighted by molar-refractivity contribution is -0.143. The fourth-order valence-electron chi connectivity index (χ4n) is 4.84. The van der Waals surface area contributed by atoms with Crippen LogP contribution in [-0.4, -0.2) is 57.5 Å². The molecule has 1 aliphatic rings. The molecule has 43 heavy (non-hydrogen) atoms. The Hall–Kier alpha value is -4.69. The summed E-state index contributed by atoms with van der Waals surface area (Å²) in [5.41, 5.74) is 5.87. The van der Waals surface area contributed by atoms with Crippen molar-refractivity contribution < 1.29 is 24.2 Å². The molecule has 1 atom stereocenters. The van der Waals surface area contributed by atoms with Crippen molar-refractivity contribution in [1.29, 1.82) is 0 Å². The maximum Gasteiger partial charge on any atom is 0.326 e. The van der Waals surface area contributed by atoms with Crippen LogP contribution < -0.4 is 16.0 Å². The van der Waals surface area contributed by atoms with Crippen LogP contribution in [0.2, 0.25) is 5.02 Å². The van der Waals surface area contributed by atoms with Crippen molar-refractivity contribution in [2.45, 2.75) is 25.3 Å². The predicted molar refractivity (Wildman–Crippen MR) is 164 cm³/mol. The first-order chi connectivity index (χ1) is 20.3. The van der Waals surface area contributed by atoms with E-state index in [0.717, 1.165) is 18.4 Å². The third-order valence-corrected chi connectivity index (χ3v) is 7.35. The normalized spacial score (nSPS) is 14.2. The molecule has 10 nitrogen and oxygen atoms in total. The number of nitrogens with zero attached hydrogens (tertiary/aromatic N) is 3. The van der Waals surface area contributed by atoms with Gasteiger partial charge in [-0.25, -0.2) is 20.6 Å². The van der Waals surface area contributed by atoms with Crippen molar-refractivity contribution >= 4 is 52.7 Å². The van der Waals surface area contributed by atoms with Gasteiger partial charge < -0.3 is 14.7 Å². The van der Waals surface area contributed by atoms with Gasteiger partial charge in [0.1, 0.15) is 6.04 Å². The van der Waals surface area contributed by atoms with Gasteiger partial charge in [0.15, 0.2) is 0 Å². The highest BCUT2D eigenvalue weighted by Crippen LogP contribution is 2.27. The topological polar surface area (TPSA) is 148 Å². The zero-order valence-electron chi connectivity index (χ0n) is 23.0. The number of aliphatic carboxylic acids is 1. The van der Waals surface area contributed by atoms with Crippen LogP contribution in [0.1, 0.15) is 51.1 Å². The molecule has 0 aliphatic carbocycles. The van der Waals surface area contributed by atoms with E-state index in [1.54, 1.807) is 24.3 Å². The number of hydrogen-bond acceptors (Lipinski definition) is 7. The van der Waals surface area contributed by atoms with E-state index < -0.39 is 17.9 Å². The number of nitrogens with one attached hydrogen (secondary N) is 1. The van der Waals surface area contributed by atoms with Crippen LogP contribution in [0.4, 0.5) is 0 Å². The Balaban J connectivity index is 0.00000423. The first-order valence-corrected chi connectivity index (χ1v) is 13.5. The highest BCUT2D eigenvalue weighted by molar-refractivity contribution is 6.32. The zero-order chi connectivity index (χ0) is 29.8. The Kier molecular flexibility index (Phi) is 9.83. The minimum absolute atomic E-state index is 0. The highest BCUT2D eigenvalue weighted by Gasteiger charge is 2.32. The molecule has 1 aliphatic heterocycles. The Bertz CT molecular complexity index is 1770. The SMILES string of the molecule is COc1cc2nc(-c3ccc(C#Cc4ccc(C(=O)N5CCCCC5C(=O)O)cc4Cl)cc3)cc(C(=O)NN)c2cn1.Cl. The summed E-state index contributed by atoms with van der Waals surface area (Å²) in [5, 5.41) is 10.3. The summed E-state index contributed by atoms with van der Waals surface area (Å²) in [6, 6.07) is 14.6. The van der Waals surface area contributed by atoms with Crippen LogP contribution >= 0.6 is 24.0 Å². The predicted octanol–water partition coefficient (Wildman–Crippen LogP) is 4.46. The van der Waals surface area contributed by atoms with E-state index >= 15 is 0 Å². The van der Waals surface area contributed by atoms with Gasteiger partial charge >= 0.3 is 5.97 Å². The summed E-state index contributed by atoms with van der Waals surface area (Å²) in [4.78, 5) is 47.3. The van der Waals surface area contributed by atoms with Crippen LogP contribution in [0.3, 0.4) is 0 Å². The number of carboxylic acids is 1. The molecule has 12 heteroatoms. The summed E-state index contributed by atoms with van der Waals surface area (Å²) in [6.45, 7) is 0.395. The Morgan fingerprint density at radius 1 is 1.09 bits per heavy atom. The van der Waals surface area contributed by atoms with Crippen molar-refractivity contribution in [3.63, 3.8) is 0 Å². The molecule has 2 aromatic carbocycles. The van der Waals surface area contributed by atoms with Gasteiger partial charge in [0.05, 0.1) is 28.9 Å². The molecule has 0 radical (unpaired) electrons. The number of likely N-dealkylation sites (tertiary alicyclic amines) is 1. The number of fused-ring (bicyclic) bond motifs is 1. The third-order valence-electron chi connectivity index (χ3n) is 7.04. The molecule has 1 fully saturated rings. The molecule has 1 saturated heterocycles. The number of amides is 2. The van der Waals surface area contributed by atoms with E-state index in [-0.39, 0.29) is 18.3 Å². The van der Waals surface area contributed by atoms with E-state index in [2.05, 4.69) is 27.2 Å². The van der Waals surface area contributed by atoms with Gasteiger partial charge in [-0.3, -0.25) is 15.0 Å². The van der Waals surface area contributed by atoms with Crippen molar-refractivity contribution in [1.82, 2.24) is 20.3 Å². The molecule has 4 aromatic rings. The molecule has 3 heterocycles. The van der Waals surface area contributed by atoms with Gasteiger partial charge in [-0.2, -0.15) is 0 Å². The molecular weight excluding hydrogens is 593 g/mol. The third kappa shape index (κ3) is 6.70. The van der Waals surface area contributed by atoms with Crippen LogP contribution in [0.15, 0.2) is 60.8 Å². The number of hydrogen-bond donors (Lipinski definition) is 3. The number of halogens is 2. The lowest BCUT2D eigenvalue weighted by Gasteiger charge is -2.33. The number of ether oxygens (including phenoxy) is 1. The second-order valence-corrected chi connectivity index (χ2v) is 10.0. The zero-order valence-corrected chi connectivity index (χ0v) is 24.5. The van der Waals surface area contributed by atoms with Gasteiger partial charge in [0.25, 0.3) is 11.8 Å². The number of carbonyl (C=O) groups excluding carboxylic acids is 2. The van der Waals surface area contributed by atoms with E-state index in [4.69, 9.17) is 22.2 Å². The Labute approximate surface area is 258 Å². The standard InChI is InChI=1S/C31H26ClN5O5.ClH/c1-42-28-16-26-23(17-34-28)22(29(38)36-33)15-25(35-26)20-9-6-18(7-10-20)5-8-19-11-12-21(14-24(19)32)30(39)37-13-3-2-4-27(37)31(40)41;/h6-7,9-12,14-17,27H,2-4,13,33H2,1H3,(H,36,38)(H,40,41);1H. The van der Waals surface area contributed by atoms with Crippen molar-refractivity contribution in [2.24, 2.45) is 5.84 Å². The number of carbonyl (C=O) groups is 3. The van der Waals surface area contributed by atoms with Crippen molar-refractivity contribution in [2.75, 3.05) is 13.7 Å². The van der Waals surface area contributed by atoms with Crippen LogP contribution in [0, 0.1) is 11.8 Å². The first kappa shape index (κ1) is 31.3. The number of benzene rings is 2. The monoisotopic (exact) mass is 619 g/mol. The number of piperidine rings is 1. The molecule has 1 unspecified atom stereocenters. The summed E-state index contributed by atoms with van der Waals surface area (Å²) in [5.74, 6) is 10.0. The van der Waals surface area contributed by atoms with Crippen LogP contribution in [0.25, 0.3) is 22.2 Å². The highest BCUT2D eigenvalue weighted by atomic mass is 35.5. The van der Waals surface area contributed by atoms with Crippen LogP contribution in [-0.2, 0) is 4.79 Å². The van der Waals surface area contributed by atoms with Crippen molar-refractivity contribution in [3.8, 4) is 29.0 Å². The number of methoxy groups -OCH3 is 1. The fraction of sp³-hybridized carbons (Fsp3) is 0.194. The van der Waals surface area contributed by atoms with Crippen LogP contribution in [0.5, 0.6) is 5.88 Å². The smallest absolute Gasteiger partial charge is 0.326 e.